The highest BCUT2D eigenvalue weighted by atomic mass is 32.2. The summed E-state index contributed by atoms with van der Waals surface area (Å²) in [4.78, 5) is 0. The van der Waals surface area contributed by atoms with Gasteiger partial charge in [-0.3, -0.25) is 0 Å². The van der Waals surface area contributed by atoms with Crippen LogP contribution in [0.4, 0.5) is 5.69 Å². The molecular weight excluding hydrogens is 224 g/mol. The molecule has 0 aromatic heterocycles. The predicted molar refractivity (Wildman–Crippen MR) is 63.3 cm³/mol. The van der Waals surface area contributed by atoms with E-state index in [0.717, 1.165) is 11.3 Å². The first kappa shape index (κ1) is 10.1. The smallest absolute Gasteiger partial charge is 0.160 e. The SMILES string of the molecule is O=S1(=O)CCNCC2Nc3ccccc3C21. The van der Waals surface area contributed by atoms with E-state index in [9.17, 15) is 8.42 Å². The van der Waals surface area contributed by atoms with Gasteiger partial charge in [-0.15, -0.1) is 0 Å². The molecule has 2 heterocycles. The maximum Gasteiger partial charge on any atom is 0.160 e. The fourth-order valence-electron chi connectivity index (χ4n) is 2.57. The molecule has 1 aromatic rings. The predicted octanol–water partition coefficient (Wildman–Crippen LogP) is 0.540. The number of anilines is 1. The number of benzene rings is 1. The molecule has 2 aliphatic heterocycles. The van der Waals surface area contributed by atoms with E-state index in [1.54, 1.807) is 0 Å². The summed E-state index contributed by atoms with van der Waals surface area (Å²) < 4.78 is 24.3. The van der Waals surface area contributed by atoms with Crippen molar-refractivity contribution in [1.82, 2.24) is 5.32 Å². The number of hydrogen-bond donors (Lipinski definition) is 2. The standard InChI is InChI=1S/C11H14N2O2S/c14-16(15)6-5-12-7-10-11(16)8-3-1-2-4-9(8)13-10/h1-4,10-13H,5-7H2. The van der Waals surface area contributed by atoms with Gasteiger partial charge in [0.2, 0.25) is 0 Å². The highest BCUT2D eigenvalue weighted by molar-refractivity contribution is 7.91. The zero-order valence-corrected chi connectivity index (χ0v) is 9.63. The Labute approximate surface area is 95.0 Å². The van der Waals surface area contributed by atoms with E-state index in [-0.39, 0.29) is 17.0 Å². The quantitative estimate of drug-likeness (QED) is 0.692. The third kappa shape index (κ3) is 1.43. The van der Waals surface area contributed by atoms with Crippen LogP contribution in [0.25, 0.3) is 0 Å². The van der Waals surface area contributed by atoms with E-state index in [1.807, 2.05) is 24.3 Å². The Morgan fingerprint density at radius 3 is 2.94 bits per heavy atom. The second-order valence-corrected chi connectivity index (χ2v) is 6.57. The molecule has 0 amide bonds. The number of nitrogens with one attached hydrogen (secondary N) is 2. The molecule has 16 heavy (non-hydrogen) atoms. The van der Waals surface area contributed by atoms with Crippen LogP contribution in [0.2, 0.25) is 0 Å². The van der Waals surface area contributed by atoms with Crippen molar-refractivity contribution in [3.05, 3.63) is 29.8 Å². The molecule has 0 bridgehead atoms. The van der Waals surface area contributed by atoms with Gasteiger partial charge in [-0.05, 0) is 11.6 Å². The second kappa shape index (κ2) is 3.46. The number of rotatable bonds is 0. The average molecular weight is 238 g/mol. The molecule has 5 heteroatoms. The van der Waals surface area contributed by atoms with Crippen molar-refractivity contribution < 1.29 is 8.42 Å². The summed E-state index contributed by atoms with van der Waals surface area (Å²) in [5.74, 6) is 0.226. The largest absolute Gasteiger partial charge is 0.379 e. The van der Waals surface area contributed by atoms with Crippen LogP contribution in [0, 0.1) is 0 Å². The highest BCUT2D eigenvalue weighted by Crippen LogP contribution is 2.40. The van der Waals surface area contributed by atoms with Crippen molar-refractivity contribution in [2.45, 2.75) is 11.3 Å². The van der Waals surface area contributed by atoms with Gasteiger partial charge in [0.25, 0.3) is 0 Å². The summed E-state index contributed by atoms with van der Waals surface area (Å²) in [6, 6.07) is 7.66. The molecular formula is C11H14N2O2S. The Morgan fingerprint density at radius 2 is 2.06 bits per heavy atom. The lowest BCUT2D eigenvalue weighted by atomic mass is 10.1. The Balaban J connectivity index is 2.13. The third-order valence-corrected chi connectivity index (χ3v) is 5.42. The molecule has 2 unspecified atom stereocenters. The zero-order chi connectivity index (χ0) is 11.2. The molecule has 0 spiro atoms. The molecule has 4 nitrogen and oxygen atoms in total. The molecule has 1 fully saturated rings. The van der Waals surface area contributed by atoms with Crippen LogP contribution in [-0.4, -0.2) is 33.3 Å². The summed E-state index contributed by atoms with van der Waals surface area (Å²) >= 11 is 0. The molecule has 3 rings (SSSR count). The molecule has 1 saturated heterocycles. The molecule has 2 atom stereocenters. The Morgan fingerprint density at radius 1 is 1.25 bits per heavy atom. The van der Waals surface area contributed by atoms with Crippen molar-refractivity contribution in [3.8, 4) is 0 Å². The van der Waals surface area contributed by atoms with Crippen LogP contribution in [0.15, 0.2) is 24.3 Å². The lowest BCUT2D eigenvalue weighted by Gasteiger charge is -2.16. The Bertz CT molecular complexity index is 512. The highest BCUT2D eigenvalue weighted by Gasteiger charge is 2.41. The van der Waals surface area contributed by atoms with Crippen LogP contribution < -0.4 is 10.6 Å². The maximum absolute atomic E-state index is 12.2. The number of para-hydroxylation sites is 1. The normalized spacial score (nSPS) is 31.0. The van der Waals surface area contributed by atoms with Gasteiger partial charge in [-0.25, -0.2) is 8.42 Å². The third-order valence-electron chi connectivity index (χ3n) is 3.29. The minimum Gasteiger partial charge on any atom is -0.379 e. The number of hydrogen-bond acceptors (Lipinski definition) is 4. The average Bonchev–Trinajstić information content (AvgIpc) is 2.56. The molecule has 86 valence electrons. The maximum atomic E-state index is 12.2. The molecule has 2 N–H and O–H groups in total. The van der Waals surface area contributed by atoms with E-state index < -0.39 is 9.84 Å². The molecule has 2 aliphatic rings. The van der Waals surface area contributed by atoms with E-state index >= 15 is 0 Å². The fraction of sp³-hybridized carbons (Fsp3) is 0.455. The minimum atomic E-state index is -3.04. The molecule has 0 radical (unpaired) electrons. The second-order valence-electron chi connectivity index (χ2n) is 4.33. The topological polar surface area (TPSA) is 58.2 Å². The van der Waals surface area contributed by atoms with Crippen LogP contribution in [-0.2, 0) is 9.84 Å². The van der Waals surface area contributed by atoms with Gasteiger partial charge in [0.15, 0.2) is 9.84 Å². The van der Waals surface area contributed by atoms with Gasteiger partial charge >= 0.3 is 0 Å². The van der Waals surface area contributed by atoms with E-state index in [0.29, 0.717) is 13.1 Å². The summed E-state index contributed by atoms with van der Waals surface area (Å²) in [7, 11) is -3.04. The van der Waals surface area contributed by atoms with Gasteiger partial charge in [0, 0.05) is 18.8 Å². The van der Waals surface area contributed by atoms with Gasteiger partial charge in [0.05, 0.1) is 11.8 Å². The van der Waals surface area contributed by atoms with Crippen LogP contribution in [0.5, 0.6) is 0 Å². The van der Waals surface area contributed by atoms with Gasteiger partial charge in [0.1, 0.15) is 5.25 Å². The molecule has 0 saturated carbocycles. The first-order valence-electron chi connectivity index (χ1n) is 5.46. The van der Waals surface area contributed by atoms with Gasteiger partial charge < -0.3 is 10.6 Å². The van der Waals surface area contributed by atoms with Crippen molar-refractivity contribution in [1.29, 1.82) is 0 Å². The van der Waals surface area contributed by atoms with E-state index in [1.165, 1.54) is 0 Å². The first-order valence-corrected chi connectivity index (χ1v) is 7.18. The minimum absolute atomic E-state index is 0.0232. The van der Waals surface area contributed by atoms with Crippen LogP contribution in [0.3, 0.4) is 0 Å². The Hall–Kier alpha value is -1.07. The van der Waals surface area contributed by atoms with Crippen LogP contribution in [0.1, 0.15) is 10.8 Å². The number of sulfone groups is 1. The van der Waals surface area contributed by atoms with E-state index in [4.69, 9.17) is 0 Å². The number of fused-ring (bicyclic) bond motifs is 3. The summed E-state index contributed by atoms with van der Waals surface area (Å²) in [6.45, 7) is 1.26. The molecule has 1 aromatic carbocycles. The lowest BCUT2D eigenvalue weighted by molar-refractivity contribution is 0.576. The van der Waals surface area contributed by atoms with Gasteiger partial charge in [-0.1, -0.05) is 18.2 Å². The molecule has 0 aliphatic carbocycles. The van der Waals surface area contributed by atoms with Crippen molar-refractivity contribution in [3.63, 3.8) is 0 Å². The summed E-state index contributed by atoms with van der Waals surface area (Å²) in [6.07, 6.45) is 0. The Kier molecular flexibility index (Phi) is 2.19. The summed E-state index contributed by atoms with van der Waals surface area (Å²) in [5.41, 5.74) is 1.89. The monoisotopic (exact) mass is 238 g/mol. The zero-order valence-electron chi connectivity index (χ0n) is 8.81. The van der Waals surface area contributed by atoms with Crippen molar-refractivity contribution in [2.75, 3.05) is 24.2 Å². The van der Waals surface area contributed by atoms with E-state index in [2.05, 4.69) is 10.6 Å². The summed E-state index contributed by atoms with van der Waals surface area (Å²) in [5, 5.41) is 6.08. The first-order chi connectivity index (χ1) is 7.68. The fourth-order valence-corrected chi connectivity index (χ4v) is 4.51. The van der Waals surface area contributed by atoms with Gasteiger partial charge in [-0.2, -0.15) is 0 Å². The van der Waals surface area contributed by atoms with Crippen molar-refractivity contribution in [2.24, 2.45) is 0 Å². The lowest BCUT2D eigenvalue weighted by Crippen LogP contribution is -2.32. The van der Waals surface area contributed by atoms with Crippen LogP contribution >= 0.6 is 0 Å². The van der Waals surface area contributed by atoms with Crippen molar-refractivity contribution >= 4 is 15.5 Å².